The van der Waals surface area contributed by atoms with E-state index in [1.807, 2.05) is 12.1 Å². The van der Waals surface area contributed by atoms with E-state index in [1.165, 1.54) is 5.56 Å². The Morgan fingerprint density at radius 2 is 2.07 bits per heavy atom. The first-order chi connectivity index (χ1) is 6.59. The Kier molecular flexibility index (Phi) is 2.52. The van der Waals surface area contributed by atoms with E-state index in [-0.39, 0.29) is 5.54 Å². The van der Waals surface area contributed by atoms with Crippen molar-refractivity contribution in [2.24, 2.45) is 5.73 Å². The summed E-state index contributed by atoms with van der Waals surface area (Å²) < 4.78 is 0. The van der Waals surface area contributed by atoms with E-state index in [4.69, 9.17) is 17.3 Å². The van der Waals surface area contributed by atoms with Crippen molar-refractivity contribution in [1.29, 1.82) is 0 Å². The van der Waals surface area contributed by atoms with E-state index < -0.39 is 0 Å². The van der Waals surface area contributed by atoms with Crippen molar-refractivity contribution in [3.8, 4) is 0 Å². The average molecular weight is 211 g/mol. The summed E-state index contributed by atoms with van der Waals surface area (Å²) in [5, 5.41) is 4.09. The Morgan fingerprint density at radius 3 is 2.57 bits per heavy atom. The number of benzene rings is 1. The molecule has 0 radical (unpaired) electrons. The molecule has 0 amide bonds. The Bertz CT molecular complexity index is 319. The minimum atomic E-state index is -0.145. The first kappa shape index (κ1) is 9.97. The van der Waals surface area contributed by atoms with Gasteiger partial charge >= 0.3 is 0 Å². The van der Waals surface area contributed by atoms with Gasteiger partial charge in [-0.05, 0) is 24.6 Å². The maximum Gasteiger partial charge on any atom is 0.0406 e. The third-order valence-electron chi connectivity index (χ3n) is 2.92. The molecule has 3 N–H and O–H groups in total. The van der Waals surface area contributed by atoms with Gasteiger partial charge in [0.1, 0.15) is 0 Å². The van der Waals surface area contributed by atoms with Gasteiger partial charge in [0.15, 0.2) is 0 Å². The van der Waals surface area contributed by atoms with Gasteiger partial charge in [-0.3, -0.25) is 0 Å². The molecule has 76 valence electrons. The Labute approximate surface area is 89.4 Å². The predicted octanol–water partition coefficient (Wildman–Crippen LogP) is 1.74. The molecule has 0 bridgehead atoms. The number of hydrogen-bond acceptors (Lipinski definition) is 2. The molecule has 0 aromatic heterocycles. The number of hydrogen-bond donors (Lipinski definition) is 2. The summed E-state index contributed by atoms with van der Waals surface area (Å²) in [4.78, 5) is 0. The number of nitrogens with one attached hydrogen (secondary N) is 1. The molecule has 1 saturated heterocycles. The van der Waals surface area contributed by atoms with E-state index in [0.717, 1.165) is 18.1 Å². The molecule has 2 rings (SSSR count). The van der Waals surface area contributed by atoms with Crippen LogP contribution >= 0.6 is 11.6 Å². The lowest BCUT2D eigenvalue weighted by Crippen LogP contribution is -2.42. The van der Waals surface area contributed by atoms with Gasteiger partial charge in [0, 0.05) is 29.6 Å². The van der Waals surface area contributed by atoms with E-state index in [0.29, 0.717) is 5.92 Å². The third-order valence-corrected chi connectivity index (χ3v) is 3.17. The van der Waals surface area contributed by atoms with E-state index in [9.17, 15) is 0 Å². The van der Waals surface area contributed by atoms with Crippen molar-refractivity contribution in [2.75, 3.05) is 13.1 Å². The van der Waals surface area contributed by atoms with Crippen LogP contribution in [-0.2, 0) is 0 Å². The van der Waals surface area contributed by atoms with E-state index in [2.05, 4.69) is 24.4 Å². The van der Waals surface area contributed by atoms with E-state index in [1.54, 1.807) is 0 Å². The second-order valence-electron chi connectivity index (χ2n) is 4.24. The van der Waals surface area contributed by atoms with Gasteiger partial charge in [-0.25, -0.2) is 0 Å². The smallest absolute Gasteiger partial charge is 0.0406 e. The topological polar surface area (TPSA) is 38.0 Å². The van der Waals surface area contributed by atoms with Crippen molar-refractivity contribution < 1.29 is 0 Å². The highest BCUT2D eigenvalue weighted by Gasteiger charge is 2.35. The zero-order chi connectivity index (χ0) is 10.2. The molecule has 2 nitrogen and oxygen atoms in total. The summed E-state index contributed by atoms with van der Waals surface area (Å²) in [7, 11) is 0. The predicted molar refractivity (Wildman–Crippen MR) is 59.7 cm³/mol. The van der Waals surface area contributed by atoms with Gasteiger partial charge in [-0.15, -0.1) is 0 Å². The highest BCUT2D eigenvalue weighted by Crippen LogP contribution is 2.29. The third kappa shape index (κ3) is 1.78. The number of halogens is 1. The molecule has 0 saturated carbocycles. The van der Waals surface area contributed by atoms with Crippen LogP contribution < -0.4 is 11.1 Å². The van der Waals surface area contributed by atoms with Crippen LogP contribution in [0.1, 0.15) is 18.4 Å². The standard InChI is InChI=1S/C11H15ClN2/c1-11(13)7-14-6-10(11)8-2-4-9(12)5-3-8/h2-5,10,14H,6-7,13H2,1H3. The van der Waals surface area contributed by atoms with Crippen LogP contribution in [0.15, 0.2) is 24.3 Å². The van der Waals surface area contributed by atoms with Gasteiger partial charge < -0.3 is 11.1 Å². The average Bonchev–Trinajstić information content (AvgIpc) is 2.47. The maximum absolute atomic E-state index is 6.20. The van der Waals surface area contributed by atoms with E-state index >= 15 is 0 Å². The van der Waals surface area contributed by atoms with Crippen molar-refractivity contribution in [1.82, 2.24) is 5.32 Å². The van der Waals surface area contributed by atoms with Crippen molar-refractivity contribution in [3.63, 3.8) is 0 Å². The second kappa shape index (κ2) is 3.54. The molecule has 0 aliphatic carbocycles. The molecule has 2 unspecified atom stereocenters. The molecule has 3 heteroatoms. The molecule has 1 aromatic rings. The van der Waals surface area contributed by atoms with Crippen molar-refractivity contribution >= 4 is 11.6 Å². The molecular formula is C11H15ClN2. The first-order valence-electron chi connectivity index (χ1n) is 4.85. The monoisotopic (exact) mass is 210 g/mol. The minimum absolute atomic E-state index is 0.145. The molecule has 0 spiro atoms. The largest absolute Gasteiger partial charge is 0.324 e. The molecular weight excluding hydrogens is 196 g/mol. The van der Waals surface area contributed by atoms with Crippen LogP contribution in [0.5, 0.6) is 0 Å². The summed E-state index contributed by atoms with van der Waals surface area (Å²) in [5.74, 6) is 0.389. The molecule has 1 aliphatic rings. The summed E-state index contributed by atoms with van der Waals surface area (Å²) in [6, 6.07) is 7.97. The fourth-order valence-corrected chi connectivity index (χ4v) is 2.16. The summed E-state index contributed by atoms with van der Waals surface area (Å²) in [5.41, 5.74) is 7.32. The van der Waals surface area contributed by atoms with Gasteiger partial charge in [0.25, 0.3) is 0 Å². The van der Waals surface area contributed by atoms with Crippen LogP contribution in [0.2, 0.25) is 5.02 Å². The number of rotatable bonds is 1. The summed E-state index contributed by atoms with van der Waals surface area (Å²) in [6.07, 6.45) is 0. The molecule has 1 heterocycles. The number of nitrogens with two attached hydrogens (primary N) is 1. The molecule has 1 aromatic carbocycles. The second-order valence-corrected chi connectivity index (χ2v) is 4.68. The van der Waals surface area contributed by atoms with Crippen LogP contribution in [0.25, 0.3) is 0 Å². The fraction of sp³-hybridized carbons (Fsp3) is 0.455. The molecule has 14 heavy (non-hydrogen) atoms. The van der Waals surface area contributed by atoms with Gasteiger partial charge in [0.05, 0.1) is 0 Å². The molecule has 1 aliphatic heterocycles. The highest BCUT2D eigenvalue weighted by molar-refractivity contribution is 6.30. The Balaban J connectivity index is 2.27. The lowest BCUT2D eigenvalue weighted by Gasteiger charge is -2.25. The van der Waals surface area contributed by atoms with Crippen molar-refractivity contribution in [2.45, 2.75) is 18.4 Å². The lowest BCUT2D eigenvalue weighted by molar-refractivity contribution is 0.462. The van der Waals surface area contributed by atoms with Crippen molar-refractivity contribution in [3.05, 3.63) is 34.9 Å². The SMILES string of the molecule is CC1(N)CNCC1c1ccc(Cl)cc1. The van der Waals surface area contributed by atoms with Gasteiger partial charge in [-0.1, -0.05) is 23.7 Å². The van der Waals surface area contributed by atoms with Gasteiger partial charge in [-0.2, -0.15) is 0 Å². The Morgan fingerprint density at radius 1 is 1.43 bits per heavy atom. The highest BCUT2D eigenvalue weighted by atomic mass is 35.5. The fourth-order valence-electron chi connectivity index (χ4n) is 2.04. The lowest BCUT2D eigenvalue weighted by atomic mass is 9.84. The normalized spacial score (nSPS) is 32.1. The van der Waals surface area contributed by atoms with Gasteiger partial charge in [0.2, 0.25) is 0 Å². The zero-order valence-corrected chi connectivity index (χ0v) is 9.01. The molecule has 2 atom stereocenters. The van der Waals surface area contributed by atoms with Crippen LogP contribution in [0.4, 0.5) is 0 Å². The summed E-state index contributed by atoms with van der Waals surface area (Å²) in [6.45, 7) is 3.92. The van der Waals surface area contributed by atoms with Crippen LogP contribution in [0, 0.1) is 0 Å². The minimum Gasteiger partial charge on any atom is -0.324 e. The molecule has 1 fully saturated rings. The van der Waals surface area contributed by atoms with Crippen LogP contribution in [0.3, 0.4) is 0 Å². The van der Waals surface area contributed by atoms with Crippen LogP contribution in [-0.4, -0.2) is 18.6 Å². The quantitative estimate of drug-likeness (QED) is 0.741. The first-order valence-corrected chi connectivity index (χ1v) is 5.22. The summed E-state index contributed by atoms with van der Waals surface area (Å²) >= 11 is 5.84. The Hall–Kier alpha value is -0.570. The maximum atomic E-state index is 6.20. The zero-order valence-electron chi connectivity index (χ0n) is 8.26.